The Labute approximate surface area is 140 Å². The highest BCUT2D eigenvalue weighted by Gasteiger charge is 2.08. The van der Waals surface area contributed by atoms with Crippen molar-refractivity contribution < 1.29 is 9.59 Å². The fraction of sp³-hybridized carbons (Fsp3) is 0.333. The van der Waals surface area contributed by atoms with E-state index in [1.165, 1.54) is 16.2 Å². The lowest BCUT2D eigenvalue weighted by Crippen LogP contribution is -2.25. The van der Waals surface area contributed by atoms with Crippen molar-refractivity contribution in [2.24, 2.45) is 0 Å². The van der Waals surface area contributed by atoms with E-state index in [1.54, 1.807) is 11.3 Å². The average molecular weight is 386 g/mol. The van der Waals surface area contributed by atoms with Crippen LogP contribution in [0.4, 0.5) is 0 Å². The molecule has 0 spiro atoms. The lowest BCUT2D eigenvalue weighted by Gasteiger charge is -2.03. The van der Waals surface area contributed by atoms with E-state index in [4.69, 9.17) is 0 Å². The minimum atomic E-state index is 0.0181. The summed E-state index contributed by atoms with van der Waals surface area (Å²) in [7, 11) is 0. The first-order chi connectivity index (χ1) is 10.1. The normalized spacial score (nSPS) is 10.5. The molecule has 0 aliphatic heterocycles. The van der Waals surface area contributed by atoms with Gasteiger partial charge in [-0.3, -0.25) is 9.59 Å². The van der Waals surface area contributed by atoms with Crippen molar-refractivity contribution >= 4 is 50.3 Å². The van der Waals surface area contributed by atoms with E-state index in [2.05, 4.69) is 27.3 Å². The number of rotatable bonds is 8. The van der Waals surface area contributed by atoms with Gasteiger partial charge in [-0.2, -0.15) is 0 Å². The summed E-state index contributed by atoms with van der Waals surface area (Å²) in [6.07, 6.45) is 2.29. The zero-order chi connectivity index (χ0) is 15.1. The largest absolute Gasteiger partial charge is 0.356 e. The number of carbonyl (C=O) groups excluding carboxylic acids is 2. The predicted octanol–water partition coefficient (Wildman–Crippen LogP) is 4.28. The Balaban J connectivity index is 1.58. The summed E-state index contributed by atoms with van der Waals surface area (Å²) >= 11 is 6.55. The molecule has 1 amide bonds. The first kappa shape index (κ1) is 16.4. The molecule has 2 aromatic rings. The van der Waals surface area contributed by atoms with Crippen molar-refractivity contribution in [1.29, 1.82) is 0 Å². The number of nitrogens with one attached hydrogen (secondary N) is 1. The molecule has 3 nitrogen and oxygen atoms in total. The molecule has 0 saturated carbocycles. The van der Waals surface area contributed by atoms with Gasteiger partial charge in [-0.15, -0.1) is 22.7 Å². The van der Waals surface area contributed by atoms with Crippen LogP contribution in [0.2, 0.25) is 0 Å². The van der Waals surface area contributed by atoms with Crippen LogP contribution >= 0.6 is 38.6 Å². The van der Waals surface area contributed by atoms with Gasteiger partial charge in [0.25, 0.3) is 0 Å². The van der Waals surface area contributed by atoms with Crippen LogP contribution in [-0.2, 0) is 11.2 Å². The van der Waals surface area contributed by atoms with E-state index in [0.29, 0.717) is 25.8 Å². The molecule has 0 unspecified atom stereocenters. The summed E-state index contributed by atoms with van der Waals surface area (Å²) in [5, 5.41) is 4.78. The fourth-order valence-electron chi connectivity index (χ4n) is 1.87. The molecule has 2 heterocycles. The summed E-state index contributed by atoms with van der Waals surface area (Å²) in [6.45, 7) is 0.644. The Bertz CT molecular complexity index is 593. The Kier molecular flexibility index (Phi) is 6.60. The van der Waals surface area contributed by atoms with Crippen LogP contribution in [0.1, 0.15) is 33.8 Å². The van der Waals surface area contributed by atoms with E-state index in [1.807, 2.05) is 23.6 Å². The molecule has 0 bridgehead atoms. The predicted molar refractivity (Wildman–Crippen MR) is 91.2 cm³/mol. The van der Waals surface area contributed by atoms with Gasteiger partial charge in [-0.1, -0.05) is 6.07 Å². The summed E-state index contributed by atoms with van der Waals surface area (Å²) in [5.74, 6) is 0.144. The van der Waals surface area contributed by atoms with Crippen LogP contribution < -0.4 is 5.32 Å². The lowest BCUT2D eigenvalue weighted by atomic mass is 10.1. The molecule has 0 aliphatic rings. The topological polar surface area (TPSA) is 46.2 Å². The number of hydrogen-bond acceptors (Lipinski definition) is 4. The Morgan fingerprint density at radius 2 is 2.05 bits per heavy atom. The van der Waals surface area contributed by atoms with Crippen molar-refractivity contribution in [3.8, 4) is 0 Å². The van der Waals surface area contributed by atoms with Crippen LogP contribution in [-0.4, -0.2) is 18.2 Å². The third-order valence-electron chi connectivity index (χ3n) is 2.93. The molecule has 112 valence electrons. The maximum Gasteiger partial charge on any atom is 0.220 e. The quantitative estimate of drug-likeness (QED) is 0.689. The molecular formula is C15H16BrNO2S2. The van der Waals surface area contributed by atoms with Gasteiger partial charge in [0.2, 0.25) is 5.91 Å². The lowest BCUT2D eigenvalue weighted by molar-refractivity contribution is -0.121. The second kappa shape index (κ2) is 8.46. The molecule has 1 N–H and O–H groups in total. The number of thiophene rings is 2. The zero-order valence-electron chi connectivity index (χ0n) is 11.4. The third-order valence-corrected chi connectivity index (χ3v) is 5.52. The minimum Gasteiger partial charge on any atom is -0.356 e. The number of amides is 1. The van der Waals surface area contributed by atoms with Gasteiger partial charge in [0, 0.05) is 24.3 Å². The summed E-state index contributed by atoms with van der Waals surface area (Å²) in [4.78, 5) is 25.5. The van der Waals surface area contributed by atoms with E-state index in [9.17, 15) is 9.59 Å². The van der Waals surface area contributed by atoms with Crippen LogP contribution in [0, 0.1) is 0 Å². The van der Waals surface area contributed by atoms with Crippen molar-refractivity contribution in [1.82, 2.24) is 5.32 Å². The number of carbonyl (C=O) groups is 2. The summed E-state index contributed by atoms with van der Waals surface area (Å²) in [5.41, 5.74) is 0. The van der Waals surface area contributed by atoms with Crippen LogP contribution in [0.25, 0.3) is 0 Å². The summed E-state index contributed by atoms with van der Waals surface area (Å²) in [6, 6.07) is 7.76. The Hall–Kier alpha value is -0.980. The molecule has 0 radical (unpaired) electrons. The van der Waals surface area contributed by atoms with Gasteiger partial charge in [0.15, 0.2) is 5.78 Å². The average Bonchev–Trinajstić information content (AvgIpc) is 3.10. The number of hydrogen-bond donors (Lipinski definition) is 1. The molecular weight excluding hydrogens is 370 g/mol. The van der Waals surface area contributed by atoms with Gasteiger partial charge >= 0.3 is 0 Å². The molecule has 0 saturated heterocycles. The first-order valence-corrected chi connectivity index (χ1v) is 9.21. The van der Waals surface area contributed by atoms with Crippen LogP contribution in [0.15, 0.2) is 33.4 Å². The third kappa shape index (κ3) is 5.73. The van der Waals surface area contributed by atoms with Crippen molar-refractivity contribution in [3.63, 3.8) is 0 Å². The molecule has 2 aromatic heterocycles. The van der Waals surface area contributed by atoms with E-state index in [0.717, 1.165) is 15.1 Å². The van der Waals surface area contributed by atoms with Gasteiger partial charge in [-0.25, -0.2) is 0 Å². The second-order valence-corrected chi connectivity index (χ2v) is 8.06. The molecule has 21 heavy (non-hydrogen) atoms. The Morgan fingerprint density at radius 1 is 1.19 bits per heavy atom. The van der Waals surface area contributed by atoms with Crippen LogP contribution in [0.5, 0.6) is 0 Å². The standard InChI is InChI=1S/C15H16BrNO2S2/c16-14-7-6-11(21-14)8-9-17-15(19)5-1-3-12(18)13-4-2-10-20-13/h2,4,6-7,10H,1,3,5,8-9H2,(H,17,19). The van der Waals surface area contributed by atoms with E-state index >= 15 is 0 Å². The minimum absolute atomic E-state index is 0.0181. The molecule has 0 atom stereocenters. The maximum atomic E-state index is 11.8. The van der Waals surface area contributed by atoms with Gasteiger partial charge < -0.3 is 5.32 Å². The van der Waals surface area contributed by atoms with E-state index in [-0.39, 0.29) is 11.7 Å². The zero-order valence-corrected chi connectivity index (χ0v) is 14.7. The number of Topliss-reactive ketones (excluding diaryl/α,β-unsaturated/α-hetero) is 1. The number of ketones is 1. The first-order valence-electron chi connectivity index (χ1n) is 6.73. The monoisotopic (exact) mass is 385 g/mol. The Morgan fingerprint density at radius 3 is 2.71 bits per heavy atom. The molecule has 6 heteroatoms. The highest BCUT2D eigenvalue weighted by Crippen LogP contribution is 2.22. The maximum absolute atomic E-state index is 11.8. The van der Waals surface area contributed by atoms with Crippen LogP contribution in [0.3, 0.4) is 0 Å². The van der Waals surface area contributed by atoms with E-state index < -0.39 is 0 Å². The van der Waals surface area contributed by atoms with Crippen molar-refractivity contribution in [2.45, 2.75) is 25.7 Å². The van der Waals surface area contributed by atoms with Crippen molar-refractivity contribution in [3.05, 3.63) is 43.2 Å². The fourth-order valence-corrected chi connectivity index (χ4v) is 4.05. The van der Waals surface area contributed by atoms with Gasteiger partial charge in [0.1, 0.15) is 0 Å². The summed E-state index contributed by atoms with van der Waals surface area (Å²) < 4.78 is 1.11. The number of halogens is 1. The second-order valence-electron chi connectivity index (χ2n) is 4.56. The smallest absolute Gasteiger partial charge is 0.220 e. The SMILES string of the molecule is O=C(CCCC(=O)c1cccs1)NCCc1ccc(Br)s1. The van der Waals surface area contributed by atoms with Gasteiger partial charge in [0.05, 0.1) is 8.66 Å². The highest BCUT2D eigenvalue weighted by atomic mass is 79.9. The molecule has 0 fully saturated rings. The highest BCUT2D eigenvalue weighted by molar-refractivity contribution is 9.11. The molecule has 2 rings (SSSR count). The molecule has 0 aliphatic carbocycles. The van der Waals surface area contributed by atoms with Crippen molar-refractivity contribution in [2.75, 3.05) is 6.54 Å². The molecule has 0 aromatic carbocycles. The van der Waals surface area contributed by atoms with Gasteiger partial charge in [-0.05, 0) is 52.4 Å².